The number of nitro benzene ring substituents is 1. The maximum Gasteiger partial charge on any atom is 0.416 e. The lowest BCUT2D eigenvalue weighted by atomic mass is 10.2. The van der Waals surface area contributed by atoms with Crippen LogP contribution in [-0.2, 0) is 6.18 Å². The molecule has 0 fully saturated rings. The second kappa shape index (κ2) is 7.43. The van der Waals surface area contributed by atoms with Gasteiger partial charge in [0.1, 0.15) is 5.75 Å². The molecular weight excluding hydrogens is 381 g/mol. The highest BCUT2D eigenvalue weighted by atomic mass is 19.4. The normalized spacial score (nSPS) is 11.1. The summed E-state index contributed by atoms with van der Waals surface area (Å²) in [5.41, 5.74) is -1.57. The Morgan fingerprint density at radius 1 is 1.11 bits per heavy atom. The Labute approximate surface area is 155 Å². The van der Waals surface area contributed by atoms with Gasteiger partial charge in [0.15, 0.2) is 5.76 Å². The molecule has 0 aliphatic heterocycles. The first-order valence-electron chi connectivity index (χ1n) is 7.72. The van der Waals surface area contributed by atoms with Gasteiger partial charge in [0.05, 0.1) is 16.7 Å². The first-order chi connectivity index (χ1) is 13.2. The molecule has 0 saturated carbocycles. The van der Waals surface area contributed by atoms with Crippen LogP contribution in [0, 0.1) is 10.1 Å². The van der Waals surface area contributed by atoms with Crippen molar-refractivity contribution in [1.82, 2.24) is 0 Å². The first-order valence-corrected chi connectivity index (χ1v) is 7.72. The van der Waals surface area contributed by atoms with Crippen LogP contribution in [-0.4, -0.2) is 10.8 Å². The molecule has 0 aliphatic rings. The molecule has 7 nitrogen and oxygen atoms in total. The number of anilines is 1. The minimum atomic E-state index is -4.71. The number of furan rings is 1. The van der Waals surface area contributed by atoms with E-state index in [4.69, 9.17) is 9.15 Å². The van der Waals surface area contributed by atoms with Crippen LogP contribution >= 0.6 is 0 Å². The lowest BCUT2D eigenvalue weighted by molar-refractivity contribution is -0.385. The summed E-state index contributed by atoms with van der Waals surface area (Å²) in [6, 6.07) is 10.8. The van der Waals surface area contributed by atoms with Gasteiger partial charge < -0.3 is 14.5 Å². The lowest BCUT2D eigenvalue weighted by Crippen LogP contribution is -2.10. The van der Waals surface area contributed by atoms with Crippen LogP contribution in [0.1, 0.15) is 16.1 Å². The zero-order chi connectivity index (χ0) is 20.3. The molecule has 1 amide bonds. The van der Waals surface area contributed by atoms with Crippen molar-refractivity contribution in [2.45, 2.75) is 6.18 Å². The van der Waals surface area contributed by atoms with E-state index in [-0.39, 0.29) is 17.3 Å². The molecule has 1 N–H and O–H groups in total. The largest absolute Gasteiger partial charge is 0.459 e. The van der Waals surface area contributed by atoms with E-state index in [0.29, 0.717) is 17.8 Å². The van der Waals surface area contributed by atoms with Gasteiger partial charge in [0.25, 0.3) is 5.91 Å². The number of alkyl halides is 3. The van der Waals surface area contributed by atoms with E-state index in [9.17, 15) is 28.1 Å². The predicted molar refractivity (Wildman–Crippen MR) is 91.3 cm³/mol. The molecule has 144 valence electrons. The number of hydrogen-bond donors (Lipinski definition) is 1. The van der Waals surface area contributed by atoms with Gasteiger partial charge in [-0.2, -0.15) is 13.2 Å². The van der Waals surface area contributed by atoms with Gasteiger partial charge in [-0.3, -0.25) is 14.9 Å². The first kappa shape index (κ1) is 19.0. The van der Waals surface area contributed by atoms with Gasteiger partial charge in [0.2, 0.25) is 5.75 Å². The summed E-state index contributed by atoms with van der Waals surface area (Å²) in [6.07, 6.45) is -3.36. The molecule has 0 aliphatic carbocycles. The summed E-state index contributed by atoms with van der Waals surface area (Å²) in [5, 5.41) is 13.6. The molecule has 0 unspecified atom stereocenters. The maximum atomic E-state index is 12.7. The molecule has 0 spiro atoms. The number of rotatable bonds is 5. The van der Waals surface area contributed by atoms with E-state index in [1.807, 2.05) is 0 Å². The average molecular weight is 392 g/mol. The molecule has 3 rings (SSSR count). The fraction of sp³-hybridized carbons (Fsp3) is 0.0556. The Morgan fingerprint density at radius 2 is 1.82 bits per heavy atom. The fourth-order valence-corrected chi connectivity index (χ4v) is 2.26. The molecule has 0 radical (unpaired) electrons. The van der Waals surface area contributed by atoms with Gasteiger partial charge in [-0.15, -0.1) is 0 Å². The van der Waals surface area contributed by atoms with Crippen LogP contribution in [0.15, 0.2) is 65.3 Å². The summed E-state index contributed by atoms with van der Waals surface area (Å²) in [7, 11) is 0. The van der Waals surface area contributed by atoms with Crippen LogP contribution in [0.25, 0.3) is 0 Å². The highest BCUT2D eigenvalue weighted by Crippen LogP contribution is 2.37. The Morgan fingerprint density at radius 3 is 2.39 bits per heavy atom. The van der Waals surface area contributed by atoms with Crippen LogP contribution < -0.4 is 10.1 Å². The third kappa shape index (κ3) is 4.29. The Kier molecular flexibility index (Phi) is 5.03. The zero-order valence-corrected chi connectivity index (χ0v) is 13.9. The average Bonchev–Trinajstić information content (AvgIpc) is 3.17. The molecule has 1 heterocycles. The van der Waals surface area contributed by atoms with Crippen molar-refractivity contribution < 1.29 is 32.0 Å². The van der Waals surface area contributed by atoms with Crippen molar-refractivity contribution in [2.24, 2.45) is 0 Å². The summed E-state index contributed by atoms with van der Waals surface area (Å²) in [4.78, 5) is 22.0. The van der Waals surface area contributed by atoms with Gasteiger partial charge in [-0.1, -0.05) is 0 Å². The molecule has 28 heavy (non-hydrogen) atoms. The number of carbonyl (C=O) groups is 1. The molecule has 10 heteroatoms. The van der Waals surface area contributed by atoms with Crippen molar-refractivity contribution in [3.8, 4) is 11.5 Å². The topological polar surface area (TPSA) is 94.6 Å². The van der Waals surface area contributed by atoms with Gasteiger partial charge in [-0.25, -0.2) is 0 Å². The number of carbonyl (C=O) groups excluding carboxylic acids is 1. The molecule has 0 bridgehead atoms. The lowest BCUT2D eigenvalue weighted by Gasteiger charge is -2.10. The molecule has 3 aromatic rings. The quantitative estimate of drug-likeness (QED) is 0.473. The number of nitro groups is 1. The predicted octanol–water partition coefficient (Wildman–Crippen LogP) is 5.25. The minimum absolute atomic E-state index is 0.112. The number of benzene rings is 2. The molecule has 0 atom stereocenters. The van der Waals surface area contributed by atoms with E-state index in [0.717, 1.165) is 6.07 Å². The van der Waals surface area contributed by atoms with Crippen LogP contribution in [0.2, 0.25) is 0 Å². The van der Waals surface area contributed by atoms with Gasteiger partial charge >= 0.3 is 11.9 Å². The number of halogens is 3. The van der Waals surface area contributed by atoms with E-state index in [2.05, 4.69) is 5.32 Å². The number of nitrogens with zero attached hydrogens (tertiary/aromatic N) is 1. The van der Waals surface area contributed by atoms with E-state index < -0.39 is 28.3 Å². The Bertz CT molecular complexity index is 999. The Hall–Kier alpha value is -3.82. The summed E-state index contributed by atoms with van der Waals surface area (Å²) in [6.45, 7) is 0. The number of amides is 1. The van der Waals surface area contributed by atoms with Crippen LogP contribution in [0.5, 0.6) is 11.5 Å². The molecule has 1 aromatic heterocycles. The van der Waals surface area contributed by atoms with Crippen molar-refractivity contribution in [3.05, 3.63) is 82.3 Å². The minimum Gasteiger partial charge on any atom is -0.459 e. The monoisotopic (exact) mass is 392 g/mol. The second-order valence-corrected chi connectivity index (χ2v) is 5.50. The van der Waals surface area contributed by atoms with Gasteiger partial charge in [0, 0.05) is 11.8 Å². The van der Waals surface area contributed by atoms with Crippen LogP contribution in [0.4, 0.5) is 24.5 Å². The number of nitrogens with one attached hydrogen (secondary N) is 1. The standard InChI is InChI=1S/C18H11F3N2O5/c19-18(20,21)11-3-8-15(14(10-11)23(25)26)28-13-6-4-12(5-7-13)22-17(24)16-2-1-9-27-16/h1-10H,(H,22,24). The van der Waals surface area contributed by atoms with Crippen LogP contribution in [0.3, 0.4) is 0 Å². The summed E-state index contributed by atoms with van der Waals surface area (Å²) in [5.74, 6) is -0.568. The number of hydrogen-bond acceptors (Lipinski definition) is 5. The third-order valence-corrected chi connectivity index (χ3v) is 3.57. The van der Waals surface area contributed by atoms with Crippen molar-refractivity contribution in [1.29, 1.82) is 0 Å². The summed E-state index contributed by atoms with van der Waals surface area (Å²) < 4.78 is 48.5. The zero-order valence-electron chi connectivity index (χ0n) is 13.9. The van der Waals surface area contributed by atoms with Gasteiger partial charge in [-0.05, 0) is 48.5 Å². The van der Waals surface area contributed by atoms with Crippen molar-refractivity contribution in [2.75, 3.05) is 5.32 Å². The SMILES string of the molecule is O=C(Nc1ccc(Oc2ccc(C(F)(F)F)cc2[N+](=O)[O-])cc1)c1ccco1. The van der Waals surface area contributed by atoms with E-state index in [1.54, 1.807) is 6.07 Å². The van der Waals surface area contributed by atoms with E-state index >= 15 is 0 Å². The molecule has 2 aromatic carbocycles. The molecular formula is C18H11F3N2O5. The second-order valence-electron chi connectivity index (χ2n) is 5.50. The highest BCUT2D eigenvalue weighted by molar-refractivity contribution is 6.02. The highest BCUT2D eigenvalue weighted by Gasteiger charge is 2.33. The number of ether oxygens (including phenoxy) is 1. The molecule has 0 saturated heterocycles. The van der Waals surface area contributed by atoms with Crippen molar-refractivity contribution in [3.63, 3.8) is 0 Å². The summed E-state index contributed by atoms with van der Waals surface area (Å²) >= 11 is 0. The Balaban J connectivity index is 1.77. The smallest absolute Gasteiger partial charge is 0.416 e. The van der Waals surface area contributed by atoms with Crippen molar-refractivity contribution >= 4 is 17.3 Å². The maximum absolute atomic E-state index is 12.7. The fourth-order valence-electron chi connectivity index (χ4n) is 2.26. The third-order valence-electron chi connectivity index (χ3n) is 3.57. The van der Waals surface area contributed by atoms with E-state index in [1.165, 1.54) is 36.6 Å².